The second-order valence-corrected chi connectivity index (χ2v) is 4.00. The van der Waals surface area contributed by atoms with E-state index < -0.39 is 0 Å². The normalized spacial score (nSPS) is 11.3. The van der Waals surface area contributed by atoms with Crippen molar-refractivity contribution >= 4 is 17.4 Å². The Hall–Kier alpha value is -1.48. The molecule has 0 aliphatic heterocycles. The van der Waals surface area contributed by atoms with Gasteiger partial charge in [0.25, 0.3) is 0 Å². The van der Waals surface area contributed by atoms with Gasteiger partial charge in [-0.15, -0.1) is 0 Å². The van der Waals surface area contributed by atoms with Crippen molar-refractivity contribution in [1.82, 2.24) is 9.78 Å². The summed E-state index contributed by atoms with van der Waals surface area (Å²) in [7, 11) is 3.89. The van der Waals surface area contributed by atoms with E-state index in [0.717, 1.165) is 11.4 Å². The zero-order valence-corrected chi connectivity index (χ0v) is 10.4. The first-order chi connectivity index (χ1) is 7.54. The van der Waals surface area contributed by atoms with Gasteiger partial charge in [0.1, 0.15) is 5.82 Å². The molecule has 1 rings (SSSR count). The number of aryl methyl sites for hydroxylation is 1. The molecule has 0 amide bonds. The van der Waals surface area contributed by atoms with Crippen LogP contribution in [0.15, 0.2) is 48.2 Å². The molecule has 0 bridgehead atoms. The molecule has 0 aliphatic rings. The number of rotatable bonds is 5. The molecule has 0 aromatic carbocycles. The Morgan fingerprint density at radius 2 is 2.38 bits per heavy atom. The van der Waals surface area contributed by atoms with Crippen LogP contribution in [0.25, 0.3) is 0 Å². The first-order valence-corrected chi connectivity index (χ1v) is 5.29. The molecule has 16 heavy (non-hydrogen) atoms. The molecule has 0 saturated carbocycles. The highest BCUT2D eigenvalue weighted by Crippen LogP contribution is 2.13. The molecular formula is C12H16ClN3. The average Bonchev–Trinajstić information content (AvgIpc) is 2.63. The fourth-order valence-corrected chi connectivity index (χ4v) is 1.58. The molecule has 0 spiro atoms. The molecule has 0 atom stereocenters. The monoisotopic (exact) mass is 237 g/mol. The minimum Gasteiger partial charge on any atom is -0.356 e. The van der Waals surface area contributed by atoms with Gasteiger partial charge in [-0.25, -0.2) is 0 Å². The first kappa shape index (κ1) is 12.6. The quantitative estimate of drug-likeness (QED) is 0.735. The van der Waals surface area contributed by atoms with Crippen LogP contribution in [0.5, 0.6) is 0 Å². The zero-order valence-electron chi connectivity index (χ0n) is 9.65. The zero-order chi connectivity index (χ0) is 12.1. The number of anilines is 1. The Morgan fingerprint density at radius 1 is 1.69 bits per heavy atom. The van der Waals surface area contributed by atoms with E-state index in [1.165, 1.54) is 0 Å². The van der Waals surface area contributed by atoms with Crippen LogP contribution in [0.3, 0.4) is 0 Å². The largest absolute Gasteiger partial charge is 0.356 e. The summed E-state index contributed by atoms with van der Waals surface area (Å²) in [4.78, 5) is 2.05. The maximum absolute atomic E-state index is 5.85. The third-order valence-corrected chi connectivity index (χ3v) is 2.43. The van der Waals surface area contributed by atoms with Gasteiger partial charge in [-0.2, -0.15) is 5.10 Å². The molecule has 0 N–H and O–H groups in total. The van der Waals surface area contributed by atoms with Crippen LogP contribution in [-0.4, -0.2) is 23.4 Å². The smallest absolute Gasteiger partial charge is 0.126 e. The van der Waals surface area contributed by atoms with Gasteiger partial charge in [0, 0.05) is 31.7 Å². The average molecular weight is 238 g/mol. The van der Waals surface area contributed by atoms with E-state index >= 15 is 0 Å². The molecular weight excluding hydrogens is 222 g/mol. The summed E-state index contributed by atoms with van der Waals surface area (Å²) in [5, 5.41) is 4.71. The third kappa shape index (κ3) is 3.28. The fourth-order valence-electron chi connectivity index (χ4n) is 1.43. The number of hydrogen-bond acceptors (Lipinski definition) is 2. The Balaban J connectivity index is 2.65. The Kier molecular flexibility index (Phi) is 4.38. The fraction of sp³-hybridized carbons (Fsp3) is 0.250. The van der Waals surface area contributed by atoms with E-state index in [0.29, 0.717) is 11.6 Å². The molecule has 0 aliphatic carbocycles. The predicted molar refractivity (Wildman–Crippen MR) is 69.8 cm³/mol. The summed E-state index contributed by atoms with van der Waals surface area (Å²) < 4.78 is 1.81. The maximum atomic E-state index is 5.85. The first-order valence-electron chi connectivity index (χ1n) is 4.91. The molecule has 0 unspecified atom stereocenters. The van der Waals surface area contributed by atoms with Gasteiger partial charge in [-0.1, -0.05) is 30.8 Å². The van der Waals surface area contributed by atoms with Crippen molar-refractivity contribution in [2.24, 2.45) is 7.05 Å². The SMILES string of the molecule is C=C/C(Cl)=C\C(=C)CN(C)c1ccnn1C. The topological polar surface area (TPSA) is 21.1 Å². The maximum Gasteiger partial charge on any atom is 0.126 e. The number of aromatic nitrogens is 2. The van der Waals surface area contributed by atoms with Crippen LogP contribution >= 0.6 is 11.6 Å². The molecule has 0 saturated heterocycles. The van der Waals surface area contributed by atoms with Gasteiger partial charge in [-0.3, -0.25) is 4.68 Å². The van der Waals surface area contributed by atoms with Gasteiger partial charge in [0.05, 0.1) is 6.20 Å². The minimum absolute atomic E-state index is 0.600. The van der Waals surface area contributed by atoms with Gasteiger partial charge in [0.2, 0.25) is 0 Å². The highest BCUT2D eigenvalue weighted by Gasteiger charge is 2.05. The summed E-state index contributed by atoms with van der Waals surface area (Å²) in [6.45, 7) is 8.23. The molecule has 1 aromatic heterocycles. The van der Waals surface area contributed by atoms with Crippen molar-refractivity contribution in [3.63, 3.8) is 0 Å². The Morgan fingerprint density at radius 3 is 2.88 bits per heavy atom. The number of hydrogen-bond donors (Lipinski definition) is 0. The van der Waals surface area contributed by atoms with E-state index in [-0.39, 0.29) is 0 Å². The number of allylic oxidation sites excluding steroid dienone is 2. The number of halogens is 1. The second kappa shape index (κ2) is 5.56. The van der Waals surface area contributed by atoms with E-state index in [4.69, 9.17) is 11.6 Å². The van der Waals surface area contributed by atoms with Crippen molar-refractivity contribution in [1.29, 1.82) is 0 Å². The minimum atomic E-state index is 0.600. The van der Waals surface area contributed by atoms with Gasteiger partial charge in [-0.05, 0) is 11.6 Å². The summed E-state index contributed by atoms with van der Waals surface area (Å²) >= 11 is 5.85. The highest BCUT2D eigenvalue weighted by atomic mass is 35.5. The third-order valence-electron chi connectivity index (χ3n) is 2.16. The number of likely N-dealkylation sites (N-methyl/N-ethyl adjacent to an activating group) is 1. The van der Waals surface area contributed by atoms with Gasteiger partial charge >= 0.3 is 0 Å². The van der Waals surface area contributed by atoms with Crippen molar-refractivity contribution in [2.45, 2.75) is 0 Å². The van der Waals surface area contributed by atoms with Crippen LogP contribution in [0.2, 0.25) is 0 Å². The van der Waals surface area contributed by atoms with E-state index in [1.807, 2.05) is 24.8 Å². The summed E-state index contributed by atoms with van der Waals surface area (Å²) in [5.41, 5.74) is 0.925. The lowest BCUT2D eigenvalue weighted by Gasteiger charge is -2.19. The van der Waals surface area contributed by atoms with E-state index in [9.17, 15) is 0 Å². The molecule has 86 valence electrons. The molecule has 3 nitrogen and oxygen atoms in total. The molecule has 0 radical (unpaired) electrons. The molecule has 4 heteroatoms. The lowest BCUT2D eigenvalue weighted by atomic mass is 10.2. The van der Waals surface area contributed by atoms with Crippen LogP contribution in [0.4, 0.5) is 5.82 Å². The molecule has 1 aromatic rings. The lowest BCUT2D eigenvalue weighted by molar-refractivity contribution is 0.745. The second-order valence-electron chi connectivity index (χ2n) is 3.56. The standard InChI is InChI=1S/C12H16ClN3/c1-5-11(13)8-10(2)9-15(3)12-6-7-14-16(12)4/h5-8H,1-2,9H2,3-4H3/b11-8+. The lowest BCUT2D eigenvalue weighted by Crippen LogP contribution is -2.21. The van der Waals surface area contributed by atoms with Crippen molar-refractivity contribution in [3.05, 3.63) is 48.2 Å². The van der Waals surface area contributed by atoms with Crippen molar-refractivity contribution in [3.8, 4) is 0 Å². The Bertz CT molecular complexity index is 418. The summed E-state index contributed by atoms with van der Waals surface area (Å²) in [5.74, 6) is 1.03. The van der Waals surface area contributed by atoms with Gasteiger partial charge in [0.15, 0.2) is 0 Å². The van der Waals surface area contributed by atoms with Gasteiger partial charge < -0.3 is 4.90 Å². The van der Waals surface area contributed by atoms with E-state index in [1.54, 1.807) is 18.3 Å². The van der Waals surface area contributed by atoms with Crippen molar-refractivity contribution in [2.75, 3.05) is 18.5 Å². The van der Waals surface area contributed by atoms with Crippen LogP contribution in [0, 0.1) is 0 Å². The predicted octanol–water partition coefficient (Wildman–Crippen LogP) is 2.72. The van der Waals surface area contributed by atoms with Crippen LogP contribution in [0.1, 0.15) is 0 Å². The van der Waals surface area contributed by atoms with Crippen molar-refractivity contribution < 1.29 is 0 Å². The highest BCUT2D eigenvalue weighted by molar-refractivity contribution is 6.31. The van der Waals surface area contributed by atoms with E-state index in [2.05, 4.69) is 23.2 Å². The number of nitrogens with zero attached hydrogens (tertiary/aromatic N) is 3. The summed E-state index contributed by atoms with van der Waals surface area (Å²) in [6.07, 6.45) is 5.17. The Labute approximate surface area is 101 Å². The summed E-state index contributed by atoms with van der Waals surface area (Å²) in [6, 6.07) is 1.95. The van der Waals surface area contributed by atoms with Crippen LogP contribution in [-0.2, 0) is 7.05 Å². The molecule has 0 fully saturated rings. The van der Waals surface area contributed by atoms with Crippen LogP contribution < -0.4 is 4.90 Å². The molecule has 1 heterocycles.